The molecule has 1 aliphatic heterocycles. The van der Waals surface area contributed by atoms with Crippen molar-refractivity contribution in [3.05, 3.63) is 0 Å². The van der Waals surface area contributed by atoms with Crippen molar-refractivity contribution in [2.75, 3.05) is 5.75 Å². The molecule has 64 valence electrons. The van der Waals surface area contributed by atoms with Crippen molar-refractivity contribution in [3.63, 3.8) is 0 Å². The highest BCUT2D eigenvalue weighted by Gasteiger charge is 2.36. The molecule has 0 radical (unpaired) electrons. The van der Waals surface area contributed by atoms with Gasteiger partial charge in [-0.25, -0.2) is 12.7 Å². The maximum absolute atomic E-state index is 11.1. The van der Waals surface area contributed by atoms with E-state index in [1.165, 1.54) is 0 Å². The van der Waals surface area contributed by atoms with E-state index in [2.05, 4.69) is 0 Å². The lowest BCUT2D eigenvalue weighted by molar-refractivity contribution is -0.126. The van der Waals surface area contributed by atoms with Gasteiger partial charge >= 0.3 is 0 Å². The highest BCUT2D eigenvalue weighted by atomic mass is 32.2. The van der Waals surface area contributed by atoms with Crippen molar-refractivity contribution in [1.82, 2.24) is 4.31 Å². The summed E-state index contributed by atoms with van der Waals surface area (Å²) in [7, 11) is -3.25. The predicted molar refractivity (Wildman–Crippen MR) is 40.4 cm³/mol. The average molecular weight is 177 g/mol. The quantitative estimate of drug-likeness (QED) is 0.564. The molecule has 0 atom stereocenters. The summed E-state index contributed by atoms with van der Waals surface area (Å²) in [5.74, 6) is -0.302. The Bertz CT molecular complexity index is 268. The van der Waals surface area contributed by atoms with E-state index in [1.807, 2.05) is 0 Å². The number of carbonyl (C=O) groups excluding carboxylic acids is 1. The summed E-state index contributed by atoms with van der Waals surface area (Å²) < 4.78 is 23.2. The lowest BCUT2D eigenvalue weighted by Crippen LogP contribution is -2.35. The Balaban J connectivity index is 2.99. The maximum Gasteiger partial charge on any atom is 0.238 e. The molecule has 5 heteroatoms. The fourth-order valence-electron chi connectivity index (χ4n) is 1.19. The molecule has 0 bridgehead atoms. The highest BCUT2D eigenvalue weighted by Crippen LogP contribution is 2.17. The van der Waals surface area contributed by atoms with Crippen LogP contribution in [-0.4, -0.2) is 30.4 Å². The Morgan fingerprint density at radius 3 is 2.18 bits per heavy atom. The fraction of sp³-hybridized carbons (Fsp3) is 0.833. The topological polar surface area (TPSA) is 54.5 Å². The average Bonchev–Trinajstić information content (AvgIpc) is 2.06. The molecule has 0 N–H and O–H groups in total. The van der Waals surface area contributed by atoms with E-state index in [0.717, 1.165) is 4.31 Å². The van der Waals surface area contributed by atoms with Gasteiger partial charge in [0.05, 0.1) is 5.75 Å². The lowest BCUT2D eigenvalue weighted by Gasteiger charge is -2.18. The lowest BCUT2D eigenvalue weighted by atomic mass is 10.3. The third-order valence-electron chi connectivity index (χ3n) is 1.59. The largest absolute Gasteiger partial charge is 0.274 e. The van der Waals surface area contributed by atoms with E-state index in [4.69, 9.17) is 0 Å². The smallest absolute Gasteiger partial charge is 0.238 e. The van der Waals surface area contributed by atoms with Gasteiger partial charge in [-0.1, -0.05) is 0 Å². The minimum Gasteiger partial charge on any atom is -0.274 e. The molecule has 0 aromatic heterocycles. The van der Waals surface area contributed by atoms with Crippen LogP contribution in [-0.2, 0) is 14.8 Å². The van der Waals surface area contributed by atoms with Crippen molar-refractivity contribution >= 4 is 15.9 Å². The van der Waals surface area contributed by atoms with Gasteiger partial charge in [0, 0.05) is 12.5 Å². The van der Waals surface area contributed by atoms with Gasteiger partial charge in [0.15, 0.2) is 0 Å². The van der Waals surface area contributed by atoms with Crippen LogP contribution in [0.1, 0.15) is 20.3 Å². The number of amides is 1. The van der Waals surface area contributed by atoms with Gasteiger partial charge in [0.2, 0.25) is 15.9 Å². The zero-order valence-electron chi connectivity index (χ0n) is 6.57. The van der Waals surface area contributed by atoms with Crippen LogP contribution in [0.3, 0.4) is 0 Å². The van der Waals surface area contributed by atoms with Crippen LogP contribution in [0.5, 0.6) is 0 Å². The number of sulfonamides is 1. The summed E-state index contributed by atoms with van der Waals surface area (Å²) in [6.07, 6.45) is 0.139. The van der Waals surface area contributed by atoms with Crippen LogP contribution >= 0.6 is 0 Å². The monoisotopic (exact) mass is 177 g/mol. The maximum atomic E-state index is 11.1. The highest BCUT2D eigenvalue weighted by molar-refractivity contribution is 7.90. The molecule has 0 aromatic carbocycles. The fourth-order valence-corrected chi connectivity index (χ4v) is 2.86. The number of hydrogen-bond acceptors (Lipinski definition) is 3. The van der Waals surface area contributed by atoms with Crippen molar-refractivity contribution in [1.29, 1.82) is 0 Å². The first-order valence-electron chi connectivity index (χ1n) is 3.50. The molecular weight excluding hydrogens is 166 g/mol. The minimum absolute atomic E-state index is 0.0238. The molecule has 1 fully saturated rings. The molecule has 0 aliphatic carbocycles. The second-order valence-corrected chi connectivity index (χ2v) is 4.81. The Kier molecular flexibility index (Phi) is 1.92. The zero-order valence-corrected chi connectivity index (χ0v) is 7.39. The Morgan fingerprint density at radius 2 is 2.00 bits per heavy atom. The molecular formula is C6H11NO3S. The molecule has 0 spiro atoms. The van der Waals surface area contributed by atoms with E-state index in [9.17, 15) is 13.2 Å². The second kappa shape index (κ2) is 2.48. The molecule has 1 aliphatic rings. The van der Waals surface area contributed by atoms with Crippen LogP contribution in [0.15, 0.2) is 0 Å². The number of hydrogen-bond donors (Lipinski definition) is 0. The first kappa shape index (κ1) is 8.52. The van der Waals surface area contributed by atoms with Gasteiger partial charge in [-0.3, -0.25) is 4.79 Å². The van der Waals surface area contributed by atoms with Gasteiger partial charge in [0.25, 0.3) is 0 Å². The van der Waals surface area contributed by atoms with E-state index in [0.29, 0.717) is 0 Å². The Labute approximate surface area is 66.2 Å². The SMILES string of the molecule is CC(C)N1C(=O)CCS1(=O)=O. The van der Waals surface area contributed by atoms with Crippen LogP contribution in [0, 0.1) is 0 Å². The van der Waals surface area contributed by atoms with Gasteiger partial charge in [-0.2, -0.15) is 0 Å². The van der Waals surface area contributed by atoms with Crippen molar-refractivity contribution in [2.24, 2.45) is 0 Å². The molecule has 1 heterocycles. The molecule has 0 aromatic rings. The molecule has 1 saturated heterocycles. The number of rotatable bonds is 1. The molecule has 0 saturated carbocycles. The third-order valence-corrected chi connectivity index (χ3v) is 3.53. The van der Waals surface area contributed by atoms with Gasteiger partial charge in [-0.15, -0.1) is 0 Å². The molecule has 4 nitrogen and oxygen atoms in total. The summed E-state index contributed by atoms with van der Waals surface area (Å²) in [4.78, 5) is 11.0. The van der Waals surface area contributed by atoms with E-state index in [1.54, 1.807) is 13.8 Å². The van der Waals surface area contributed by atoms with Gasteiger partial charge in [-0.05, 0) is 13.8 Å². The van der Waals surface area contributed by atoms with Crippen LogP contribution in [0.4, 0.5) is 0 Å². The summed E-state index contributed by atoms with van der Waals surface area (Å²) in [5, 5.41) is 0. The summed E-state index contributed by atoms with van der Waals surface area (Å²) in [6, 6.07) is -0.241. The van der Waals surface area contributed by atoms with Gasteiger partial charge < -0.3 is 0 Å². The first-order valence-corrected chi connectivity index (χ1v) is 5.11. The Morgan fingerprint density at radius 1 is 1.45 bits per heavy atom. The minimum atomic E-state index is -3.25. The van der Waals surface area contributed by atoms with E-state index >= 15 is 0 Å². The van der Waals surface area contributed by atoms with Crippen LogP contribution < -0.4 is 0 Å². The molecule has 0 unspecified atom stereocenters. The summed E-state index contributed by atoms with van der Waals surface area (Å²) in [5.41, 5.74) is 0. The van der Waals surface area contributed by atoms with Crippen molar-refractivity contribution in [3.8, 4) is 0 Å². The standard InChI is InChI=1S/C6H11NO3S/c1-5(2)7-6(8)3-4-11(7,9)10/h5H,3-4H2,1-2H3. The number of carbonyl (C=O) groups is 1. The first-order chi connectivity index (χ1) is 4.95. The van der Waals surface area contributed by atoms with E-state index in [-0.39, 0.29) is 24.1 Å². The summed E-state index contributed by atoms with van der Waals surface area (Å²) >= 11 is 0. The zero-order chi connectivity index (χ0) is 8.65. The summed E-state index contributed by atoms with van der Waals surface area (Å²) in [6.45, 7) is 3.39. The van der Waals surface area contributed by atoms with Crippen LogP contribution in [0.2, 0.25) is 0 Å². The second-order valence-electron chi connectivity index (χ2n) is 2.85. The molecule has 11 heavy (non-hydrogen) atoms. The third kappa shape index (κ3) is 1.38. The molecule has 1 rings (SSSR count). The molecule has 1 amide bonds. The van der Waals surface area contributed by atoms with Crippen molar-refractivity contribution in [2.45, 2.75) is 26.3 Å². The van der Waals surface area contributed by atoms with Crippen LogP contribution in [0.25, 0.3) is 0 Å². The van der Waals surface area contributed by atoms with Crippen molar-refractivity contribution < 1.29 is 13.2 Å². The Hall–Kier alpha value is -0.580. The predicted octanol–water partition coefficient (Wildman–Crippen LogP) is -0.0431. The normalized spacial score (nSPS) is 23.2. The number of nitrogens with zero attached hydrogens (tertiary/aromatic N) is 1. The van der Waals surface area contributed by atoms with E-state index < -0.39 is 10.0 Å². The van der Waals surface area contributed by atoms with Gasteiger partial charge in [0.1, 0.15) is 0 Å².